The number of fused-ring (bicyclic) bond motifs is 1. The fourth-order valence-corrected chi connectivity index (χ4v) is 2.76. The summed E-state index contributed by atoms with van der Waals surface area (Å²) >= 11 is 0. The second-order valence-corrected chi connectivity index (χ2v) is 7.41. The van der Waals surface area contributed by atoms with Crippen molar-refractivity contribution in [3.63, 3.8) is 0 Å². The summed E-state index contributed by atoms with van der Waals surface area (Å²) in [6.07, 6.45) is 0.898. The monoisotopic (exact) mass is 395 g/mol. The molecule has 0 aliphatic carbocycles. The van der Waals surface area contributed by atoms with Gasteiger partial charge in [0.2, 0.25) is 0 Å². The molecule has 0 fully saturated rings. The minimum Gasteiger partial charge on any atom is -0.478 e. The van der Waals surface area contributed by atoms with Crippen LogP contribution in [0.4, 0.5) is 21.0 Å². The molecule has 0 aliphatic rings. The summed E-state index contributed by atoms with van der Waals surface area (Å²) in [5, 5.41) is 15.4. The first-order chi connectivity index (χ1) is 13.6. The maximum Gasteiger partial charge on any atom is 0.412 e. The van der Waals surface area contributed by atoms with E-state index in [0.29, 0.717) is 5.52 Å². The summed E-state index contributed by atoms with van der Waals surface area (Å²) in [6, 6.07) is 12.8. The van der Waals surface area contributed by atoms with Crippen LogP contribution in [0.5, 0.6) is 0 Å². The van der Waals surface area contributed by atoms with E-state index in [0.717, 1.165) is 5.39 Å². The third-order valence-electron chi connectivity index (χ3n) is 3.89. The number of ether oxygens (including phenoxy) is 1. The molecule has 150 valence electrons. The highest BCUT2D eigenvalue weighted by molar-refractivity contribution is 6.00. The van der Waals surface area contributed by atoms with Gasteiger partial charge in [-0.25, -0.2) is 14.4 Å². The van der Waals surface area contributed by atoms with Crippen LogP contribution < -0.4 is 10.6 Å². The lowest BCUT2D eigenvalue weighted by Gasteiger charge is -2.20. The highest BCUT2D eigenvalue weighted by Gasteiger charge is 2.18. The fraction of sp³-hybridized carbons (Fsp3) is 0.190. The molecule has 8 nitrogen and oxygen atoms in total. The first-order valence-corrected chi connectivity index (χ1v) is 8.88. The van der Waals surface area contributed by atoms with Crippen molar-refractivity contribution in [3.05, 3.63) is 60.3 Å². The van der Waals surface area contributed by atoms with E-state index in [2.05, 4.69) is 10.6 Å². The van der Waals surface area contributed by atoms with Crippen LogP contribution in [0.15, 0.2) is 54.7 Å². The second-order valence-electron chi connectivity index (χ2n) is 7.41. The van der Waals surface area contributed by atoms with Gasteiger partial charge in [-0.15, -0.1) is 0 Å². The molecule has 3 aromatic rings. The van der Waals surface area contributed by atoms with Crippen LogP contribution in [0.1, 0.15) is 31.1 Å². The maximum atomic E-state index is 12.7. The molecule has 29 heavy (non-hydrogen) atoms. The van der Waals surface area contributed by atoms with Crippen LogP contribution in [-0.4, -0.2) is 33.4 Å². The number of carbonyl (C=O) groups is 3. The molecule has 3 rings (SSSR count). The van der Waals surface area contributed by atoms with Crippen LogP contribution in [0.3, 0.4) is 0 Å². The Morgan fingerprint density at radius 3 is 2.28 bits per heavy atom. The number of anilines is 2. The summed E-state index contributed by atoms with van der Waals surface area (Å²) in [4.78, 5) is 36.1. The van der Waals surface area contributed by atoms with Crippen molar-refractivity contribution in [1.82, 2.24) is 4.57 Å². The largest absolute Gasteiger partial charge is 0.478 e. The maximum absolute atomic E-state index is 12.7. The molecule has 0 radical (unpaired) electrons. The van der Waals surface area contributed by atoms with Crippen LogP contribution in [0.25, 0.3) is 10.9 Å². The molecular weight excluding hydrogens is 374 g/mol. The normalized spacial score (nSPS) is 11.1. The molecule has 0 bridgehead atoms. The van der Waals surface area contributed by atoms with Gasteiger partial charge in [-0.1, -0.05) is 18.2 Å². The molecule has 0 atom stereocenters. The smallest absolute Gasteiger partial charge is 0.412 e. The average Bonchev–Trinajstić information content (AvgIpc) is 3.03. The van der Waals surface area contributed by atoms with Crippen LogP contribution in [0.2, 0.25) is 0 Å². The Morgan fingerprint density at radius 1 is 0.966 bits per heavy atom. The van der Waals surface area contributed by atoms with Crippen molar-refractivity contribution >= 4 is 40.4 Å². The SMILES string of the molecule is CC(C)(C)OC(=O)Nc1cc(NC(=O)n2ccc3ccccc32)cc(C(=O)O)c1. The zero-order valence-electron chi connectivity index (χ0n) is 16.2. The van der Waals surface area contributed by atoms with Gasteiger partial charge in [0.15, 0.2) is 0 Å². The Hall–Kier alpha value is -3.81. The summed E-state index contributed by atoms with van der Waals surface area (Å²) in [5.41, 5.74) is 0.323. The predicted molar refractivity (Wildman–Crippen MR) is 110 cm³/mol. The van der Waals surface area contributed by atoms with Gasteiger partial charge >= 0.3 is 18.1 Å². The molecule has 1 aromatic heterocycles. The molecule has 8 heteroatoms. The molecule has 0 saturated heterocycles. The number of aromatic nitrogens is 1. The van der Waals surface area contributed by atoms with Gasteiger partial charge in [0.05, 0.1) is 11.1 Å². The number of hydrogen-bond acceptors (Lipinski definition) is 4. The zero-order valence-corrected chi connectivity index (χ0v) is 16.2. The number of carboxylic acids is 1. The van der Waals surface area contributed by atoms with E-state index in [9.17, 15) is 19.5 Å². The van der Waals surface area contributed by atoms with E-state index >= 15 is 0 Å². The van der Waals surface area contributed by atoms with Crippen molar-refractivity contribution in [3.8, 4) is 0 Å². The molecule has 0 unspecified atom stereocenters. The third kappa shape index (κ3) is 4.92. The Bertz CT molecular complexity index is 1100. The van der Waals surface area contributed by atoms with E-state index in [1.165, 1.54) is 22.8 Å². The Labute approximate surface area is 167 Å². The molecule has 0 aliphatic heterocycles. The zero-order chi connectivity index (χ0) is 21.2. The van der Waals surface area contributed by atoms with E-state index in [4.69, 9.17) is 4.74 Å². The van der Waals surface area contributed by atoms with Crippen molar-refractivity contribution in [1.29, 1.82) is 0 Å². The summed E-state index contributed by atoms with van der Waals surface area (Å²) < 4.78 is 6.60. The summed E-state index contributed by atoms with van der Waals surface area (Å²) in [5.74, 6) is -1.19. The lowest BCUT2D eigenvalue weighted by molar-refractivity contribution is 0.0633. The number of nitrogens with one attached hydrogen (secondary N) is 2. The van der Waals surface area contributed by atoms with E-state index in [1.807, 2.05) is 18.2 Å². The van der Waals surface area contributed by atoms with Crippen molar-refractivity contribution in [2.75, 3.05) is 10.6 Å². The van der Waals surface area contributed by atoms with Gasteiger partial charge in [0, 0.05) is 23.0 Å². The molecule has 3 N–H and O–H groups in total. The summed E-state index contributed by atoms with van der Waals surface area (Å²) in [6.45, 7) is 5.15. The predicted octanol–water partition coefficient (Wildman–Crippen LogP) is 4.77. The van der Waals surface area contributed by atoms with Crippen LogP contribution in [0, 0.1) is 0 Å². The van der Waals surface area contributed by atoms with Crippen LogP contribution in [-0.2, 0) is 4.74 Å². The lowest BCUT2D eigenvalue weighted by Crippen LogP contribution is -2.27. The number of para-hydroxylation sites is 1. The highest BCUT2D eigenvalue weighted by atomic mass is 16.6. The number of rotatable bonds is 3. The average molecular weight is 395 g/mol. The number of carboxylic acid groups (broad SMARTS) is 1. The number of aromatic carboxylic acids is 1. The van der Waals surface area contributed by atoms with Crippen molar-refractivity contribution in [2.24, 2.45) is 0 Å². The van der Waals surface area contributed by atoms with Crippen molar-refractivity contribution in [2.45, 2.75) is 26.4 Å². The molecule has 2 amide bonds. The van der Waals surface area contributed by atoms with E-state index < -0.39 is 23.7 Å². The van der Waals surface area contributed by atoms with Gasteiger partial charge < -0.3 is 15.2 Å². The molecule has 1 heterocycles. The molecule has 0 saturated carbocycles. The minimum absolute atomic E-state index is 0.0915. The fourth-order valence-electron chi connectivity index (χ4n) is 2.76. The van der Waals surface area contributed by atoms with Gasteiger partial charge in [-0.2, -0.15) is 0 Å². The van der Waals surface area contributed by atoms with Gasteiger partial charge in [0.25, 0.3) is 0 Å². The first kappa shape index (κ1) is 19.9. The number of benzene rings is 2. The number of hydrogen-bond donors (Lipinski definition) is 3. The van der Waals surface area contributed by atoms with Gasteiger partial charge in [-0.05, 0) is 51.1 Å². The molecule has 2 aromatic carbocycles. The number of nitrogens with zero attached hydrogens (tertiary/aromatic N) is 1. The van der Waals surface area contributed by atoms with E-state index in [-0.39, 0.29) is 16.9 Å². The molecule has 0 spiro atoms. The molecular formula is C21H21N3O5. The Kier molecular flexibility index (Phi) is 5.27. The topological polar surface area (TPSA) is 110 Å². The summed E-state index contributed by atoms with van der Waals surface area (Å²) in [7, 11) is 0. The van der Waals surface area contributed by atoms with E-state index in [1.54, 1.807) is 39.1 Å². The van der Waals surface area contributed by atoms with Crippen molar-refractivity contribution < 1.29 is 24.2 Å². The van der Waals surface area contributed by atoms with Crippen LogP contribution >= 0.6 is 0 Å². The Balaban J connectivity index is 1.86. The number of amides is 2. The standard InChI is InChI=1S/C21H21N3O5/c1-21(2,3)29-20(28)23-16-11-14(18(25)26)10-15(12-16)22-19(27)24-9-8-13-6-4-5-7-17(13)24/h4-12H,1-3H3,(H,22,27)(H,23,28)(H,25,26). The first-order valence-electron chi connectivity index (χ1n) is 8.88. The Morgan fingerprint density at radius 2 is 1.62 bits per heavy atom. The second kappa shape index (κ2) is 7.67. The minimum atomic E-state index is -1.19. The van der Waals surface area contributed by atoms with Gasteiger partial charge in [0.1, 0.15) is 5.60 Å². The quantitative estimate of drug-likeness (QED) is 0.592. The highest BCUT2D eigenvalue weighted by Crippen LogP contribution is 2.22. The van der Waals surface area contributed by atoms with Gasteiger partial charge in [-0.3, -0.25) is 9.88 Å². The third-order valence-corrected chi connectivity index (χ3v) is 3.89. The number of carbonyl (C=O) groups excluding carboxylic acids is 2. The lowest BCUT2D eigenvalue weighted by atomic mass is 10.1.